The summed E-state index contributed by atoms with van der Waals surface area (Å²) in [7, 11) is 0. The van der Waals surface area contributed by atoms with Crippen molar-refractivity contribution in [3.05, 3.63) is 60.2 Å². The zero-order valence-corrected chi connectivity index (χ0v) is 20.9. The van der Waals surface area contributed by atoms with Crippen LogP contribution in [0.1, 0.15) is 45.1 Å². The maximum absolute atomic E-state index is 13.1. The Labute approximate surface area is 211 Å². The topological polar surface area (TPSA) is 136 Å². The second kappa shape index (κ2) is 13.9. The summed E-state index contributed by atoms with van der Waals surface area (Å²) in [4.78, 5) is 49.2. The standard InChI is InChI=1S/C27H35N3O6/c1-18(2)17-30(16-14-24(32)33)27(36)29-25(26(34)35)23(13-15-28-19(3)31)22-11-9-21(10-12-22)20-7-5-4-6-8-20/h4-12,18,23,25H,13-17H2,1-3H3,(H,28,31)(H,29,36)(H,32,33)(H,34,35)/t23?,25-/m0/s1. The first-order valence-corrected chi connectivity index (χ1v) is 12.0. The molecule has 9 nitrogen and oxygen atoms in total. The molecule has 36 heavy (non-hydrogen) atoms. The van der Waals surface area contributed by atoms with Crippen molar-refractivity contribution in [3.8, 4) is 11.1 Å². The Hall–Kier alpha value is -3.88. The van der Waals surface area contributed by atoms with Crippen LogP contribution in [0, 0.1) is 5.92 Å². The van der Waals surface area contributed by atoms with Crippen LogP contribution in [0.2, 0.25) is 0 Å². The molecule has 0 radical (unpaired) electrons. The van der Waals surface area contributed by atoms with Gasteiger partial charge in [0.25, 0.3) is 0 Å². The number of carboxylic acid groups (broad SMARTS) is 2. The van der Waals surface area contributed by atoms with E-state index in [1.54, 1.807) is 0 Å². The maximum atomic E-state index is 13.1. The minimum atomic E-state index is -1.28. The van der Waals surface area contributed by atoms with Gasteiger partial charge in [-0.1, -0.05) is 68.4 Å². The van der Waals surface area contributed by atoms with Crippen LogP contribution in [0.15, 0.2) is 54.6 Å². The summed E-state index contributed by atoms with van der Waals surface area (Å²) in [6.07, 6.45) is 0.0333. The molecule has 0 fully saturated rings. The molecule has 2 aromatic carbocycles. The molecule has 0 spiro atoms. The van der Waals surface area contributed by atoms with E-state index >= 15 is 0 Å². The van der Waals surface area contributed by atoms with Crippen molar-refractivity contribution < 1.29 is 29.4 Å². The molecule has 2 rings (SSSR count). The molecule has 4 N–H and O–H groups in total. The third kappa shape index (κ3) is 9.05. The van der Waals surface area contributed by atoms with E-state index in [2.05, 4.69) is 10.6 Å². The van der Waals surface area contributed by atoms with E-state index in [1.165, 1.54) is 11.8 Å². The molecular formula is C27H35N3O6. The van der Waals surface area contributed by atoms with E-state index in [4.69, 9.17) is 5.11 Å². The summed E-state index contributed by atoms with van der Waals surface area (Å²) in [5.74, 6) is -3.07. The maximum Gasteiger partial charge on any atom is 0.326 e. The number of benzene rings is 2. The van der Waals surface area contributed by atoms with Crippen molar-refractivity contribution in [1.82, 2.24) is 15.5 Å². The molecule has 1 unspecified atom stereocenters. The highest BCUT2D eigenvalue weighted by Crippen LogP contribution is 2.27. The molecule has 0 aliphatic heterocycles. The fourth-order valence-corrected chi connectivity index (χ4v) is 3.99. The number of nitrogens with one attached hydrogen (secondary N) is 2. The normalized spacial score (nSPS) is 12.4. The van der Waals surface area contributed by atoms with Crippen LogP contribution in [-0.2, 0) is 14.4 Å². The number of amides is 3. The summed E-state index contributed by atoms with van der Waals surface area (Å²) in [6.45, 7) is 5.64. The quantitative estimate of drug-likeness (QED) is 0.334. The first-order chi connectivity index (χ1) is 17.1. The Kier molecular flexibility index (Phi) is 10.9. The Morgan fingerprint density at radius 3 is 2.06 bits per heavy atom. The summed E-state index contributed by atoms with van der Waals surface area (Å²) in [5.41, 5.74) is 2.69. The number of nitrogens with zero attached hydrogens (tertiary/aromatic N) is 1. The second-order valence-corrected chi connectivity index (χ2v) is 9.12. The predicted octanol–water partition coefficient (Wildman–Crippen LogP) is 3.56. The highest BCUT2D eigenvalue weighted by atomic mass is 16.4. The van der Waals surface area contributed by atoms with Gasteiger partial charge in [-0.3, -0.25) is 9.59 Å². The lowest BCUT2D eigenvalue weighted by Crippen LogP contribution is -2.52. The van der Waals surface area contributed by atoms with Gasteiger partial charge in [-0.2, -0.15) is 0 Å². The van der Waals surface area contributed by atoms with E-state index in [1.807, 2.05) is 68.4 Å². The monoisotopic (exact) mass is 497 g/mol. The molecule has 0 aromatic heterocycles. The van der Waals surface area contributed by atoms with Crippen LogP contribution >= 0.6 is 0 Å². The van der Waals surface area contributed by atoms with E-state index in [9.17, 15) is 24.3 Å². The van der Waals surface area contributed by atoms with Gasteiger partial charge in [0.05, 0.1) is 6.42 Å². The number of urea groups is 1. The van der Waals surface area contributed by atoms with Crippen molar-refractivity contribution in [2.45, 2.75) is 45.6 Å². The molecule has 0 heterocycles. The van der Waals surface area contributed by atoms with Gasteiger partial charge < -0.3 is 25.7 Å². The molecule has 194 valence electrons. The lowest BCUT2D eigenvalue weighted by molar-refractivity contribution is -0.140. The largest absolute Gasteiger partial charge is 0.481 e. The van der Waals surface area contributed by atoms with Gasteiger partial charge in [-0.05, 0) is 29.0 Å². The minimum absolute atomic E-state index is 0.0337. The van der Waals surface area contributed by atoms with Crippen molar-refractivity contribution in [2.24, 2.45) is 5.92 Å². The molecule has 2 aromatic rings. The molecule has 0 saturated heterocycles. The third-order valence-corrected chi connectivity index (χ3v) is 5.69. The number of aliphatic carboxylic acids is 2. The molecule has 0 bridgehead atoms. The van der Waals surface area contributed by atoms with Gasteiger partial charge in [-0.15, -0.1) is 0 Å². The highest BCUT2D eigenvalue weighted by molar-refractivity contribution is 5.84. The fourth-order valence-electron chi connectivity index (χ4n) is 3.99. The fraction of sp³-hybridized carbons (Fsp3) is 0.407. The molecule has 0 saturated carbocycles. The Bertz CT molecular complexity index is 1020. The second-order valence-electron chi connectivity index (χ2n) is 9.12. The summed E-state index contributed by atoms with van der Waals surface area (Å²) in [5, 5.41) is 24.4. The first-order valence-electron chi connectivity index (χ1n) is 12.0. The van der Waals surface area contributed by atoms with E-state index in [-0.39, 0.29) is 44.3 Å². The molecule has 0 aliphatic carbocycles. The Morgan fingerprint density at radius 2 is 1.53 bits per heavy atom. The smallest absolute Gasteiger partial charge is 0.326 e. The number of hydrogen-bond acceptors (Lipinski definition) is 4. The van der Waals surface area contributed by atoms with Crippen LogP contribution in [0.25, 0.3) is 11.1 Å². The van der Waals surface area contributed by atoms with Gasteiger partial charge in [0.2, 0.25) is 5.91 Å². The lowest BCUT2D eigenvalue weighted by Gasteiger charge is -2.30. The predicted molar refractivity (Wildman–Crippen MR) is 137 cm³/mol. The number of carbonyl (C=O) groups excluding carboxylic acids is 2. The van der Waals surface area contributed by atoms with Crippen LogP contribution in [0.3, 0.4) is 0 Å². The summed E-state index contributed by atoms with van der Waals surface area (Å²) in [6, 6.07) is 15.3. The van der Waals surface area contributed by atoms with Gasteiger partial charge in [0.15, 0.2) is 0 Å². The summed E-state index contributed by atoms with van der Waals surface area (Å²) < 4.78 is 0. The van der Waals surface area contributed by atoms with E-state index < -0.39 is 29.9 Å². The number of rotatable bonds is 13. The SMILES string of the molecule is CC(=O)NCCC(c1ccc(-c2ccccc2)cc1)[C@H](NC(=O)N(CCC(=O)O)CC(C)C)C(=O)O. The zero-order chi connectivity index (χ0) is 26.7. The molecule has 0 aliphatic rings. The zero-order valence-electron chi connectivity index (χ0n) is 20.9. The third-order valence-electron chi connectivity index (χ3n) is 5.69. The molecular weight excluding hydrogens is 462 g/mol. The highest BCUT2D eigenvalue weighted by Gasteiger charge is 2.32. The number of hydrogen-bond donors (Lipinski definition) is 4. The summed E-state index contributed by atoms with van der Waals surface area (Å²) >= 11 is 0. The van der Waals surface area contributed by atoms with Crippen molar-refractivity contribution in [2.75, 3.05) is 19.6 Å². The molecule has 2 atom stereocenters. The average molecular weight is 498 g/mol. The van der Waals surface area contributed by atoms with Crippen LogP contribution in [0.5, 0.6) is 0 Å². The van der Waals surface area contributed by atoms with Crippen LogP contribution in [0.4, 0.5) is 4.79 Å². The van der Waals surface area contributed by atoms with Crippen LogP contribution in [-0.4, -0.2) is 64.7 Å². The molecule has 9 heteroatoms. The Balaban J connectivity index is 2.32. The average Bonchev–Trinajstić information content (AvgIpc) is 2.83. The number of carboxylic acids is 2. The first kappa shape index (κ1) is 28.4. The minimum Gasteiger partial charge on any atom is -0.481 e. The van der Waals surface area contributed by atoms with E-state index in [0.29, 0.717) is 5.56 Å². The van der Waals surface area contributed by atoms with Crippen molar-refractivity contribution in [1.29, 1.82) is 0 Å². The van der Waals surface area contributed by atoms with Crippen LogP contribution < -0.4 is 10.6 Å². The van der Waals surface area contributed by atoms with Gasteiger partial charge >= 0.3 is 18.0 Å². The van der Waals surface area contributed by atoms with E-state index in [0.717, 1.165) is 11.1 Å². The molecule has 3 amide bonds. The van der Waals surface area contributed by atoms with Gasteiger partial charge in [-0.25, -0.2) is 9.59 Å². The number of carbonyl (C=O) groups is 4. The lowest BCUT2D eigenvalue weighted by atomic mass is 9.87. The Morgan fingerprint density at radius 1 is 0.917 bits per heavy atom. The van der Waals surface area contributed by atoms with Gasteiger partial charge in [0.1, 0.15) is 6.04 Å². The van der Waals surface area contributed by atoms with Crippen molar-refractivity contribution >= 4 is 23.9 Å². The van der Waals surface area contributed by atoms with Gasteiger partial charge in [0, 0.05) is 32.5 Å². The van der Waals surface area contributed by atoms with Crippen molar-refractivity contribution in [3.63, 3.8) is 0 Å².